The summed E-state index contributed by atoms with van der Waals surface area (Å²) in [6, 6.07) is 41.3. The van der Waals surface area contributed by atoms with Crippen molar-refractivity contribution in [2.45, 2.75) is 20.8 Å². The van der Waals surface area contributed by atoms with E-state index in [1.165, 1.54) is 4.90 Å². The minimum atomic E-state index is -0.343. The van der Waals surface area contributed by atoms with E-state index in [0.29, 0.717) is 33.6 Å². The average Bonchev–Trinajstić information content (AvgIpc) is 3.58. The fraction of sp³-hybridized carbons (Fsp3) is 0.0698. The summed E-state index contributed by atoms with van der Waals surface area (Å²) in [5, 5.41) is 20.6. The predicted molar refractivity (Wildman–Crippen MR) is 193 cm³/mol. The number of carbonyl (C=O) groups is 2. The van der Waals surface area contributed by atoms with Crippen LogP contribution in [-0.4, -0.2) is 16.4 Å². The molecule has 49 heavy (non-hydrogen) atoms. The highest BCUT2D eigenvalue weighted by atomic mass is 16.2. The zero-order chi connectivity index (χ0) is 34.0. The molecule has 0 spiro atoms. The van der Waals surface area contributed by atoms with E-state index >= 15 is 0 Å². The van der Waals surface area contributed by atoms with Crippen molar-refractivity contribution in [1.82, 2.24) is 4.57 Å². The van der Waals surface area contributed by atoms with Crippen molar-refractivity contribution in [3.05, 3.63) is 154 Å². The normalized spacial score (nSPS) is 12.4. The van der Waals surface area contributed by atoms with E-state index < -0.39 is 0 Å². The van der Waals surface area contributed by atoms with E-state index in [0.717, 1.165) is 60.8 Å². The molecule has 1 aromatic heterocycles. The Bertz CT molecular complexity index is 2490. The largest absolute Gasteiger partial charge is 0.308 e. The highest BCUT2D eigenvalue weighted by Crippen LogP contribution is 2.41. The Hall–Kier alpha value is -6.76. The molecule has 2 amide bonds. The van der Waals surface area contributed by atoms with Gasteiger partial charge >= 0.3 is 0 Å². The average molecular weight is 633 g/mol. The van der Waals surface area contributed by atoms with Crippen molar-refractivity contribution >= 4 is 39.3 Å². The molecule has 0 unspecified atom stereocenters. The number of fused-ring (bicyclic) bond motifs is 4. The van der Waals surface area contributed by atoms with Gasteiger partial charge in [-0.15, -0.1) is 0 Å². The lowest BCUT2D eigenvalue weighted by atomic mass is 9.99. The van der Waals surface area contributed by atoms with E-state index in [-0.39, 0.29) is 11.8 Å². The lowest BCUT2D eigenvalue weighted by molar-refractivity contribution is 0.0925. The van der Waals surface area contributed by atoms with Gasteiger partial charge in [0.2, 0.25) is 0 Å². The number of carbonyl (C=O) groups excluding carboxylic acids is 2. The summed E-state index contributed by atoms with van der Waals surface area (Å²) in [5.74, 6) is -0.673. The number of benzene rings is 6. The smallest absolute Gasteiger partial charge is 0.268 e. The molecule has 6 heteroatoms. The molecule has 1 aliphatic rings. The van der Waals surface area contributed by atoms with Crippen LogP contribution in [0, 0.1) is 43.4 Å². The number of amides is 2. The third-order valence-electron chi connectivity index (χ3n) is 9.45. The van der Waals surface area contributed by atoms with Gasteiger partial charge < -0.3 is 4.57 Å². The molecule has 2 heterocycles. The molecule has 232 valence electrons. The van der Waals surface area contributed by atoms with Crippen molar-refractivity contribution in [2.24, 2.45) is 0 Å². The monoisotopic (exact) mass is 632 g/mol. The Morgan fingerprint density at radius 2 is 1.04 bits per heavy atom. The van der Waals surface area contributed by atoms with Gasteiger partial charge in [-0.1, -0.05) is 60.2 Å². The number of anilines is 1. The summed E-state index contributed by atoms with van der Waals surface area (Å²) >= 11 is 0. The van der Waals surface area contributed by atoms with Crippen LogP contribution in [0.15, 0.2) is 115 Å². The molecule has 7 aromatic rings. The minimum Gasteiger partial charge on any atom is -0.308 e. The van der Waals surface area contributed by atoms with Crippen molar-refractivity contribution in [3.8, 4) is 40.1 Å². The number of hydrogen-bond acceptors (Lipinski definition) is 4. The standard InChI is InChI=1S/C43H28N4O2/c1-25-19-26(2)41(27(3)20-25)47-42(48)34-5-4-6-39(40(34)43(47)49)46-37-17-15-32(30-11-7-28(23-44)8-12-30)21-35(37)36-22-33(16-18-38(36)46)31-13-9-29(24-45)10-14-31/h4-22H,1-3H3. The molecule has 8 rings (SSSR count). The van der Waals surface area contributed by atoms with E-state index in [2.05, 4.69) is 41.0 Å². The zero-order valence-corrected chi connectivity index (χ0v) is 27.1. The summed E-state index contributed by atoms with van der Waals surface area (Å²) in [7, 11) is 0. The molecule has 6 aromatic carbocycles. The van der Waals surface area contributed by atoms with E-state index in [9.17, 15) is 20.1 Å². The summed E-state index contributed by atoms with van der Waals surface area (Å²) in [6.45, 7) is 5.87. The molecule has 0 atom stereocenters. The maximum atomic E-state index is 14.4. The Balaban J connectivity index is 1.37. The Labute approximate surface area is 283 Å². The predicted octanol–water partition coefficient (Wildman–Crippen LogP) is 9.59. The highest BCUT2D eigenvalue weighted by Gasteiger charge is 2.40. The molecule has 1 aliphatic heterocycles. The molecule has 6 nitrogen and oxygen atoms in total. The second-order valence-electron chi connectivity index (χ2n) is 12.6. The minimum absolute atomic E-state index is 0.330. The van der Waals surface area contributed by atoms with Gasteiger partial charge in [0.1, 0.15) is 0 Å². The van der Waals surface area contributed by atoms with Gasteiger partial charge in [0.05, 0.1) is 56.8 Å². The Morgan fingerprint density at radius 3 is 1.53 bits per heavy atom. The lowest BCUT2D eigenvalue weighted by Crippen LogP contribution is -2.31. The number of aryl methyl sites for hydroxylation is 3. The fourth-order valence-corrected chi connectivity index (χ4v) is 7.30. The highest BCUT2D eigenvalue weighted by molar-refractivity contribution is 6.36. The second-order valence-corrected chi connectivity index (χ2v) is 12.6. The topological polar surface area (TPSA) is 89.9 Å². The van der Waals surface area contributed by atoms with Gasteiger partial charge in [-0.2, -0.15) is 10.5 Å². The molecular weight excluding hydrogens is 604 g/mol. The number of imide groups is 1. The van der Waals surface area contributed by atoms with E-state index in [4.69, 9.17) is 0 Å². The molecule has 0 radical (unpaired) electrons. The number of hydrogen-bond donors (Lipinski definition) is 0. The summed E-state index contributed by atoms with van der Waals surface area (Å²) in [5.41, 5.74) is 11.7. The molecule has 0 saturated carbocycles. The van der Waals surface area contributed by atoms with Crippen LogP contribution in [0.2, 0.25) is 0 Å². The third kappa shape index (κ3) is 4.62. The molecule has 0 bridgehead atoms. The second kappa shape index (κ2) is 11.2. The van der Waals surface area contributed by atoms with Crippen LogP contribution in [0.4, 0.5) is 5.69 Å². The van der Waals surface area contributed by atoms with Crippen LogP contribution in [0.3, 0.4) is 0 Å². The Morgan fingerprint density at radius 1 is 0.551 bits per heavy atom. The number of rotatable bonds is 4. The van der Waals surface area contributed by atoms with Crippen LogP contribution >= 0.6 is 0 Å². The SMILES string of the molecule is Cc1cc(C)c(N2C(=O)c3cccc(-n4c5ccc(-c6ccc(C#N)cc6)cc5c5cc(-c6ccc(C#N)cc6)ccc54)c3C2=O)c(C)c1. The van der Waals surface area contributed by atoms with E-state index in [1.807, 2.05) is 106 Å². The van der Waals surface area contributed by atoms with Crippen LogP contribution in [-0.2, 0) is 0 Å². The number of nitriles is 2. The first-order valence-corrected chi connectivity index (χ1v) is 16.0. The molecule has 0 aliphatic carbocycles. The van der Waals surface area contributed by atoms with Gasteiger partial charge in [0.15, 0.2) is 0 Å². The first-order chi connectivity index (χ1) is 23.8. The zero-order valence-electron chi connectivity index (χ0n) is 27.1. The fourth-order valence-electron chi connectivity index (χ4n) is 7.30. The van der Waals surface area contributed by atoms with Crippen molar-refractivity contribution in [1.29, 1.82) is 10.5 Å². The number of aromatic nitrogens is 1. The number of nitrogens with zero attached hydrogens (tertiary/aromatic N) is 4. The summed E-state index contributed by atoms with van der Waals surface area (Å²) < 4.78 is 2.08. The van der Waals surface area contributed by atoms with Crippen LogP contribution in [0.5, 0.6) is 0 Å². The first-order valence-electron chi connectivity index (χ1n) is 16.0. The molecule has 0 N–H and O–H groups in total. The van der Waals surface area contributed by atoms with Crippen LogP contribution in [0.1, 0.15) is 48.5 Å². The van der Waals surface area contributed by atoms with Crippen LogP contribution in [0.25, 0.3) is 49.7 Å². The quantitative estimate of drug-likeness (QED) is 0.181. The maximum absolute atomic E-state index is 14.4. The van der Waals surface area contributed by atoms with Gasteiger partial charge in [-0.3, -0.25) is 9.59 Å². The van der Waals surface area contributed by atoms with Crippen LogP contribution < -0.4 is 4.90 Å². The van der Waals surface area contributed by atoms with Crippen molar-refractivity contribution < 1.29 is 9.59 Å². The lowest BCUT2D eigenvalue weighted by Gasteiger charge is -2.20. The molecule has 0 saturated heterocycles. The third-order valence-corrected chi connectivity index (χ3v) is 9.45. The van der Waals surface area contributed by atoms with Crippen molar-refractivity contribution in [3.63, 3.8) is 0 Å². The van der Waals surface area contributed by atoms with Crippen molar-refractivity contribution in [2.75, 3.05) is 4.90 Å². The van der Waals surface area contributed by atoms with Gasteiger partial charge in [0.25, 0.3) is 11.8 Å². The Kier molecular flexibility index (Phi) is 6.77. The summed E-state index contributed by atoms with van der Waals surface area (Å²) in [6.07, 6.45) is 0. The van der Waals surface area contributed by atoms with Gasteiger partial charge in [-0.05, 0) is 115 Å². The molecular formula is C43H28N4O2. The molecule has 0 fully saturated rings. The van der Waals surface area contributed by atoms with E-state index in [1.54, 1.807) is 6.07 Å². The maximum Gasteiger partial charge on any atom is 0.268 e. The summed E-state index contributed by atoms with van der Waals surface area (Å²) in [4.78, 5) is 29.7. The first kappa shape index (κ1) is 29.6. The van der Waals surface area contributed by atoms with Gasteiger partial charge in [-0.25, -0.2) is 4.90 Å². The van der Waals surface area contributed by atoms with Gasteiger partial charge in [0, 0.05) is 10.8 Å².